The molecule has 0 fully saturated rings. The Balaban J connectivity index is 0.000000216. The van der Waals surface area contributed by atoms with Gasteiger partial charge in [-0.3, -0.25) is 9.78 Å². The van der Waals surface area contributed by atoms with E-state index in [2.05, 4.69) is 194 Å². The Bertz CT molecular complexity index is 3500. The zero-order valence-corrected chi connectivity index (χ0v) is 46.3. The van der Waals surface area contributed by atoms with Crippen molar-refractivity contribution in [2.24, 2.45) is 5.92 Å². The van der Waals surface area contributed by atoms with Gasteiger partial charge >= 0.3 is 11.9 Å². The van der Waals surface area contributed by atoms with Gasteiger partial charge in [-0.15, -0.1) is 29.3 Å². The van der Waals surface area contributed by atoms with E-state index in [9.17, 15) is 14.7 Å². The summed E-state index contributed by atoms with van der Waals surface area (Å²) < 4.78 is 10.5. The van der Waals surface area contributed by atoms with Crippen LogP contribution in [0.25, 0.3) is 66.7 Å². The summed E-state index contributed by atoms with van der Waals surface area (Å²) in [7, 11) is 0. The zero-order chi connectivity index (χ0) is 51.4. The van der Waals surface area contributed by atoms with Gasteiger partial charge in [0.1, 0.15) is 11.8 Å². The second-order valence-corrected chi connectivity index (χ2v) is 21.7. The van der Waals surface area contributed by atoms with Gasteiger partial charge in [-0.25, -0.2) is 0 Å². The summed E-state index contributed by atoms with van der Waals surface area (Å²) >= 11 is 0. The van der Waals surface area contributed by atoms with Crippen LogP contribution in [0.5, 0.6) is 0 Å². The fraction of sp³-hybridized carbons (Fsp3) is 0.269. The number of ether oxygens (including phenoxy) is 2. The van der Waals surface area contributed by atoms with Crippen LogP contribution in [0.4, 0.5) is 0 Å². The second-order valence-electron chi connectivity index (χ2n) is 21.7. The Morgan fingerprint density at radius 2 is 1.15 bits per heavy atom. The van der Waals surface area contributed by atoms with Crippen LogP contribution in [0.3, 0.4) is 0 Å². The minimum Gasteiger partial charge on any atom is -0.512 e. The molecule has 0 spiro atoms. The number of nitrogens with zero attached hydrogens (tertiary/aromatic N) is 1. The van der Waals surface area contributed by atoms with Crippen LogP contribution in [0.1, 0.15) is 120 Å². The molecule has 377 valence electrons. The summed E-state index contributed by atoms with van der Waals surface area (Å²) in [5, 5.41) is 10.4. The molecule has 1 heterocycles. The average Bonchev–Trinajstić information content (AvgIpc) is 3.89. The Hall–Kier alpha value is -6.92. The van der Waals surface area contributed by atoms with Crippen LogP contribution in [0, 0.1) is 12.0 Å². The number of hydrogen-bond donors (Lipinski definition) is 1. The summed E-state index contributed by atoms with van der Waals surface area (Å²) in [5.41, 5.74) is 22.6. The van der Waals surface area contributed by atoms with Crippen LogP contribution in [-0.4, -0.2) is 40.0 Å². The van der Waals surface area contributed by atoms with E-state index in [1.165, 1.54) is 95.8 Å². The number of esters is 2. The summed E-state index contributed by atoms with van der Waals surface area (Å²) in [6.45, 7) is 19.5. The van der Waals surface area contributed by atoms with Crippen molar-refractivity contribution in [3.63, 3.8) is 0 Å². The molecule has 0 saturated heterocycles. The maximum Gasteiger partial charge on any atom is 0.513 e. The van der Waals surface area contributed by atoms with E-state index >= 15 is 0 Å². The standard InChI is InChI=1S/C43H46O5.C24H18N.Ir/c1-8-28(41(46)48-20-19-47-40(45)22-27(3)44)21-26(2)29-13-16-34-35-18-15-31(25-39(35)43(6,7)37(34)23-29)30-14-17-33-32-11-9-10-12-36(32)42(4,5)38(33)24-30;1-24(2)20-9-5-4-8-18(20)19-13-11-17(15-21(19)24)23-14-12-16-7-3-6-10-22(16)25-23;/h9-18,22-26,28,44H,8,19-21H2,1-7H3;3-10,12-15H,1-2H3;/q;-1;/p+1/b27-22-;;. The molecule has 3 aliphatic rings. The maximum absolute atomic E-state index is 12.9. The van der Waals surface area contributed by atoms with Gasteiger partial charge in [-0.1, -0.05) is 188 Å². The van der Waals surface area contributed by atoms with Crippen molar-refractivity contribution in [1.29, 1.82) is 0 Å². The molecule has 2 N–H and O–H groups in total. The van der Waals surface area contributed by atoms with E-state index in [4.69, 9.17) is 14.5 Å². The second kappa shape index (κ2) is 20.4. The number of aromatic nitrogens is 1. The first-order valence-corrected chi connectivity index (χ1v) is 25.8. The number of carbonyl (C=O) groups excluding carboxylic acids is 2. The van der Waals surface area contributed by atoms with Crippen LogP contribution in [0.15, 0.2) is 163 Å². The van der Waals surface area contributed by atoms with Crippen LogP contribution in [-0.2, 0) is 50.6 Å². The number of pyridine rings is 1. The van der Waals surface area contributed by atoms with Gasteiger partial charge in [-0.2, -0.15) is 0 Å². The predicted molar refractivity (Wildman–Crippen MR) is 298 cm³/mol. The van der Waals surface area contributed by atoms with Gasteiger partial charge in [0.15, 0.2) is 6.61 Å². The quantitative estimate of drug-likeness (QED) is 0.0348. The molecule has 1 radical (unpaired) electrons. The van der Waals surface area contributed by atoms with E-state index in [0.717, 1.165) is 22.9 Å². The summed E-state index contributed by atoms with van der Waals surface area (Å²) in [6.07, 6.45) is 2.45. The van der Waals surface area contributed by atoms with Crippen molar-refractivity contribution in [2.75, 3.05) is 13.2 Å². The smallest absolute Gasteiger partial charge is 0.512 e. The number of carbonyl (C=O) groups is 1. The van der Waals surface area contributed by atoms with Crippen molar-refractivity contribution in [3.8, 4) is 55.8 Å². The van der Waals surface area contributed by atoms with Gasteiger partial charge in [0.2, 0.25) is 6.61 Å². The molecule has 0 amide bonds. The van der Waals surface area contributed by atoms with Gasteiger partial charge in [0.25, 0.3) is 0 Å². The van der Waals surface area contributed by atoms with Crippen molar-refractivity contribution >= 4 is 22.8 Å². The van der Waals surface area contributed by atoms with Gasteiger partial charge in [0, 0.05) is 30.9 Å². The third-order valence-corrected chi connectivity index (χ3v) is 15.9. The summed E-state index contributed by atoms with van der Waals surface area (Å²) in [5.74, 6) is -0.833. The van der Waals surface area contributed by atoms with E-state index < -0.39 is 5.97 Å². The molecular formula is C67H65IrNO5. The monoisotopic (exact) mass is 1160 g/mol. The van der Waals surface area contributed by atoms with Crippen molar-refractivity contribution in [2.45, 2.75) is 97.3 Å². The van der Waals surface area contributed by atoms with E-state index in [1.54, 1.807) is 0 Å². The number of allylic oxidation sites excluding steroid dienone is 1. The van der Waals surface area contributed by atoms with Crippen LogP contribution in [0.2, 0.25) is 0 Å². The molecule has 0 bridgehead atoms. The van der Waals surface area contributed by atoms with Gasteiger partial charge in [0.05, 0.1) is 11.4 Å². The Morgan fingerprint density at radius 3 is 1.77 bits per heavy atom. The van der Waals surface area contributed by atoms with Crippen molar-refractivity contribution in [3.05, 3.63) is 209 Å². The molecule has 74 heavy (non-hydrogen) atoms. The van der Waals surface area contributed by atoms with E-state index in [0.29, 0.717) is 12.8 Å². The molecule has 3 aliphatic carbocycles. The van der Waals surface area contributed by atoms with E-state index in [1.807, 2.05) is 19.1 Å². The fourth-order valence-electron chi connectivity index (χ4n) is 11.7. The third kappa shape index (κ3) is 9.46. The molecule has 1 aromatic heterocycles. The minimum atomic E-state index is -0.414. The average molecular weight is 1160 g/mol. The minimum absolute atomic E-state index is 0. The summed E-state index contributed by atoms with van der Waals surface area (Å²) in [4.78, 5) is 27.3. The predicted octanol–water partition coefficient (Wildman–Crippen LogP) is 16.0. The molecule has 6 nitrogen and oxygen atoms in total. The molecule has 7 aromatic carbocycles. The number of aliphatic hydroxyl groups excluding tert-OH is 1. The maximum atomic E-state index is 12.9. The van der Waals surface area contributed by atoms with Crippen LogP contribution < -0.4 is 0 Å². The number of para-hydroxylation sites is 1. The van der Waals surface area contributed by atoms with Gasteiger partial charge < -0.3 is 19.4 Å². The largest absolute Gasteiger partial charge is 0.513 e. The molecule has 11 rings (SSSR count). The number of aliphatic hydroxyl groups is 1. The number of fused-ring (bicyclic) bond motifs is 10. The normalized spacial score (nSPS) is 15.4. The molecule has 2 atom stereocenters. The Kier molecular flexibility index (Phi) is 14.3. The van der Waals surface area contributed by atoms with Crippen molar-refractivity contribution in [1.82, 2.24) is 4.98 Å². The van der Waals surface area contributed by atoms with Crippen molar-refractivity contribution < 1.29 is 44.3 Å². The van der Waals surface area contributed by atoms with E-state index in [-0.39, 0.29) is 73.1 Å². The Morgan fingerprint density at radius 1 is 0.635 bits per heavy atom. The number of hydrogen-bond acceptors (Lipinski definition) is 5. The first-order chi connectivity index (χ1) is 35.0. The fourth-order valence-corrected chi connectivity index (χ4v) is 11.7. The summed E-state index contributed by atoms with van der Waals surface area (Å²) in [6, 6.07) is 58.5. The number of benzene rings is 7. The first-order valence-electron chi connectivity index (χ1n) is 25.8. The number of rotatable bonds is 11. The Labute approximate surface area is 450 Å². The van der Waals surface area contributed by atoms with Gasteiger partial charge in [-0.05, 0) is 127 Å². The molecule has 0 saturated carbocycles. The third-order valence-electron chi connectivity index (χ3n) is 15.9. The molecule has 2 unspecified atom stereocenters. The van der Waals surface area contributed by atoms with Crippen LogP contribution >= 0.6 is 0 Å². The molecule has 8 aromatic rings. The molecular weight excluding hydrogens is 1090 g/mol. The molecule has 7 heteroatoms. The first kappa shape index (κ1) is 52.0. The zero-order valence-electron chi connectivity index (χ0n) is 43.9. The molecule has 0 aliphatic heterocycles. The topological polar surface area (TPSA) is 90.0 Å². The SMILES string of the molecule is CC1(C)c2ccccc2-c2c[c-]c(-c3ccc4ccccc4n3)cc21.CCC(CC(C)c1ccc2c(c1)C(C)(C)c1cc(-c3ccc4c(c3)C(C)(C)c3ccccc3-4)ccc1-2)C(=O)OCCOC(=[OH+])/C=C(/C)O.[Ir].